The minimum absolute atomic E-state index is 1.30. The highest BCUT2D eigenvalue weighted by atomic mass is 14.1. The summed E-state index contributed by atoms with van der Waals surface area (Å²) >= 11 is 0. The second-order valence-electron chi connectivity index (χ2n) is 3.47. The van der Waals surface area contributed by atoms with E-state index in [0.717, 1.165) is 0 Å². The maximum absolute atomic E-state index is 3.52. The molecule has 0 spiro atoms. The molecule has 0 unspecified atom stereocenters. The average Bonchev–Trinajstić information content (AvgIpc) is 2.18. The predicted molar refractivity (Wildman–Crippen MR) is 63.4 cm³/mol. The third-order valence-corrected chi connectivity index (χ3v) is 2.48. The highest BCUT2D eigenvalue weighted by Crippen LogP contribution is 2.18. The predicted octanol–water partition coefficient (Wildman–Crippen LogP) is 3.97. The molecule has 72 valence electrons. The summed E-state index contributed by atoms with van der Waals surface area (Å²) in [6, 6.07) is 4.31. The summed E-state index contributed by atoms with van der Waals surface area (Å²) in [5.41, 5.74) is 8.02. The van der Waals surface area contributed by atoms with Gasteiger partial charge in [0, 0.05) is 0 Å². The van der Waals surface area contributed by atoms with Gasteiger partial charge in [0.1, 0.15) is 0 Å². The summed E-state index contributed by atoms with van der Waals surface area (Å²) in [7, 11) is 0. The monoisotopic (exact) mass is 184 g/mol. The summed E-state index contributed by atoms with van der Waals surface area (Å²) in [5.74, 6) is 0. The first kappa shape index (κ1) is 10.6. The molecule has 0 aromatic heterocycles. The van der Waals surface area contributed by atoms with Crippen molar-refractivity contribution in [3.05, 3.63) is 58.8 Å². The van der Waals surface area contributed by atoms with Gasteiger partial charge >= 0.3 is 0 Å². The van der Waals surface area contributed by atoms with Crippen LogP contribution in [0, 0.1) is 20.8 Å². The van der Waals surface area contributed by atoms with Crippen molar-refractivity contribution in [2.24, 2.45) is 0 Å². The Bertz CT molecular complexity index is 402. The topological polar surface area (TPSA) is 0 Å². The van der Waals surface area contributed by atoms with E-state index in [1.165, 1.54) is 22.3 Å². The van der Waals surface area contributed by atoms with Crippen LogP contribution in [0.4, 0.5) is 0 Å². The van der Waals surface area contributed by atoms with Crippen LogP contribution < -0.4 is 0 Å². The molecule has 0 nitrogen and oxygen atoms in total. The fraction of sp³-hybridized carbons (Fsp3) is 0.214. The molecule has 1 aromatic rings. The van der Waals surface area contributed by atoms with E-state index in [4.69, 9.17) is 0 Å². The lowest BCUT2D eigenvalue weighted by Gasteiger charge is -2.07. The Morgan fingerprint density at radius 2 is 1.79 bits per heavy atom. The molecule has 0 bridgehead atoms. The lowest BCUT2D eigenvalue weighted by molar-refractivity contribution is 1.28. The molecule has 1 aromatic carbocycles. The van der Waals surface area contributed by atoms with Gasteiger partial charge < -0.3 is 0 Å². The lowest BCUT2D eigenvalue weighted by atomic mass is 9.98. The van der Waals surface area contributed by atoms with Crippen molar-refractivity contribution in [1.82, 2.24) is 0 Å². The first-order valence-electron chi connectivity index (χ1n) is 4.76. The molecule has 0 amide bonds. The zero-order chi connectivity index (χ0) is 10.6. The van der Waals surface area contributed by atoms with E-state index in [0.29, 0.717) is 0 Å². The Morgan fingerprint density at radius 1 is 1.14 bits per heavy atom. The highest BCUT2D eigenvalue weighted by molar-refractivity contribution is 5.60. The van der Waals surface area contributed by atoms with Crippen LogP contribution in [0.15, 0.2) is 36.6 Å². The third kappa shape index (κ3) is 2.25. The molecular formula is C14H16. The standard InChI is InChI=1S/C14H16/c1-5-6-7-8-14-12(3)10-9-11(2)13(14)4/h6-10H,1H2,2-4H3/b8-7-. The number of aryl methyl sites for hydroxylation is 2. The number of hydrogen-bond acceptors (Lipinski definition) is 0. The minimum Gasteiger partial charge on any atom is -0.129 e. The van der Waals surface area contributed by atoms with Gasteiger partial charge in [-0.2, -0.15) is 0 Å². The SMILES string of the molecule is C=C=C/C=C\c1c(C)ccc(C)c1C. The van der Waals surface area contributed by atoms with Crippen LogP contribution in [-0.4, -0.2) is 0 Å². The van der Waals surface area contributed by atoms with Gasteiger partial charge in [0.2, 0.25) is 0 Å². The van der Waals surface area contributed by atoms with E-state index in [-0.39, 0.29) is 0 Å². The number of benzene rings is 1. The summed E-state index contributed by atoms with van der Waals surface area (Å²) in [6.45, 7) is 9.94. The van der Waals surface area contributed by atoms with Crippen molar-refractivity contribution in [3.8, 4) is 0 Å². The molecule has 0 aliphatic heterocycles. The molecule has 0 N–H and O–H groups in total. The number of rotatable bonds is 2. The normalized spacial score (nSPS) is 10.2. The van der Waals surface area contributed by atoms with Gasteiger partial charge in [-0.3, -0.25) is 0 Å². The van der Waals surface area contributed by atoms with E-state index < -0.39 is 0 Å². The molecule has 0 aliphatic rings. The molecule has 0 heteroatoms. The summed E-state index contributed by atoms with van der Waals surface area (Å²) < 4.78 is 0. The zero-order valence-corrected chi connectivity index (χ0v) is 9.09. The summed E-state index contributed by atoms with van der Waals surface area (Å²) in [6.07, 6.45) is 5.90. The van der Waals surface area contributed by atoms with E-state index >= 15 is 0 Å². The quantitative estimate of drug-likeness (QED) is 0.482. The third-order valence-electron chi connectivity index (χ3n) is 2.48. The molecule has 0 fully saturated rings. The Balaban J connectivity index is 3.18. The van der Waals surface area contributed by atoms with Gasteiger partial charge in [0.25, 0.3) is 0 Å². The summed E-state index contributed by atoms with van der Waals surface area (Å²) in [5, 5.41) is 0. The fourth-order valence-corrected chi connectivity index (χ4v) is 1.44. The molecule has 0 radical (unpaired) electrons. The highest BCUT2D eigenvalue weighted by Gasteiger charge is 2.00. The molecule has 0 saturated heterocycles. The molecular weight excluding hydrogens is 168 g/mol. The Morgan fingerprint density at radius 3 is 2.43 bits per heavy atom. The average molecular weight is 184 g/mol. The van der Waals surface area contributed by atoms with Gasteiger partial charge in [0.15, 0.2) is 0 Å². The van der Waals surface area contributed by atoms with Crippen LogP contribution in [0.5, 0.6) is 0 Å². The first-order valence-corrected chi connectivity index (χ1v) is 4.76. The fourth-order valence-electron chi connectivity index (χ4n) is 1.44. The van der Waals surface area contributed by atoms with Crippen molar-refractivity contribution in [1.29, 1.82) is 0 Å². The van der Waals surface area contributed by atoms with E-state index in [9.17, 15) is 0 Å². The Kier molecular flexibility index (Phi) is 3.50. The van der Waals surface area contributed by atoms with Crippen LogP contribution in [0.1, 0.15) is 22.3 Å². The second kappa shape index (κ2) is 4.64. The Labute approximate surface area is 86.3 Å². The van der Waals surface area contributed by atoms with Gasteiger partial charge in [0.05, 0.1) is 0 Å². The van der Waals surface area contributed by atoms with Gasteiger partial charge in [-0.05, 0) is 49.1 Å². The van der Waals surface area contributed by atoms with E-state index in [1.54, 1.807) is 0 Å². The largest absolute Gasteiger partial charge is 0.129 e. The van der Waals surface area contributed by atoms with Crippen LogP contribution in [0.25, 0.3) is 6.08 Å². The first-order chi connectivity index (χ1) is 6.66. The van der Waals surface area contributed by atoms with Crippen LogP contribution in [0.2, 0.25) is 0 Å². The van der Waals surface area contributed by atoms with Gasteiger partial charge in [-0.25, -0.2) is 0 Å². The Hall–Kier alpha value is -1.52. The van der Waals surface area contributed by atoms with Crippen molar-refractivity contribution >= 4 is 6.08 Å². The van der Waals surface area contributed by atoms with Crippen molar-refractivity contribution < 1.29 is 0 Å². The summed E-state index contributed by atoms with van der Waals surface area (Å²) in [4.78, 5) is 0. The minimum atomic E-state index is 1.30. The lowest BCUT2D eigenvalue weighted by Crippen LogP contribution is -1.89. The smallest absolute Gasteiger partial charge is 0.0195 e. The molecule has 0 heterocycles. The molecule has 0 saturated carbocycles. The molecule has 0 aliphatic carbocycles. The molecule has 1 rings (SSSR count). The van der Waals surface area contributed by atoms with Crippen molar-refractivity contribution in [2.45, 2.75) is 20.8 Å². The number of allylic oxidation sites excluding steroid dienone is 2. The van der Waals surface area contributed by atoms with E-state index in [2.05, 4.69) is 51.3 Å². The zero-order valence-electron chi connectivity index (χ0n) is 9.09. The second-order valence-corrected chi connectivity index (χ2v) is 3.47. The van der Waals surface area contributed by atoms with Crippen LogP contribution in [-0.2, 0) is 0 Å². The molecule has 14 heavy (non-hydrogen) atoms. The van der Waals surface area contributed by atoms with E-state index in [1.807, 2.05) is 12.2 Å². The van der Waals surface area contributed by atoms with Crippen molar-refractivity contribution in [3.63, 3.8) is 0 Å². The number of hydrogen-bond donors (Lipinski definition) is 0. The maximum Gasteiger partial charge on any atom is -0.0195 e. The van der Waals surface area contributed by atoms with Crippen LogP contribution >= 0.6 is 0 Å². The van der Waals surface area contributed by atoms with Gasteiger partial charge in [-0.1, -0.05) is 30.9 Å². The van der Waals surface area contributed by atoms with Crippen LogP contribution in [0.3, 0.4) is 0 Å². The maximum atomic E-state index is 3.52. The van der Waals surface area contributed by atoms with Gasteiger partial charge in [-0.15, -0.1) is 5.73 Å². The van der Waals surface area contributed by atoms with Crippen molar-refractivity contribution in [2.75, 3.05) is 0 Å². The molecule has 0 atom stereocenters.